The highest BCUT2D eigenvalue weighted by molar-refractivity contribution is 7.22. The van der Waals surface area contributed by atoms with Crippen LogP contribution in [0.5, 0.6) is 17.2 Å². The van der Waals surface area contributed by atoms with Crippen molar-refractivity contribution in [1.82, 2.24) is 4.98 Å². The van der Waals surface area contributed by atoms with Crippen molar-refractivity contribution in [1.29, 1.82) is 0 Å². The second kappa shape index (κ2) is 9.83. The van der Waals surface area contributed by atoms with E-state index in [-0.39, 0.29) is 11.3 Å². The van der Waals surface area contributed by atoms with E-state index in [1.165, 1.54) is 30.5 Å². The number of methoxy groups -OCH3 is 3. The zero-order chi connectivity index (χ0) is 27.1. The van der Waals surface area contributed by atoms with Crippen LogP contribution in [0.15, 0.2) is 60.2 Å². The molecule has 1 aliphatic rings. The van der Waals surface area contributed by atoms with Crippen molar-refractivity contribution in [3.63, 3.8) is 0 Å². The smallest absolute Gasteiger partial charge is 0.301 e. The van der Waals surface area contributed by atoms with E-state index >= 15 is 0 Å². The number of carbonyl (C=O) groups excluding carboxylic acids is 2. The Morgan fingerprint density at radius 1 is 0.921 bits per heavy atom. The minimum atomic E-state index is -0.945. The fourth-order valence-electron chi connectivity index (χ4n) is 4.73. The minimum absolute atomic E-state index is 0.0421. The van der Waals surface area contributed by atoms with Gasteiger partial charge in [-0.1, -0.05) is 23.5 Å². The van der Waals surface area contributed by atoms with Gasteiger partial charge in [-0.25, -0.2) is 4.98 Å². The molecule has 2 heterocycles. The molecule has 5 rings (SSSR count). The Labute approximate surface area is 223 Å². The Morgan fingerprint density at radius 2 is 1.63 bits per heavy atom. The number of aliphatic hydroxyl groups is 1. The molecule has 0 aliphatic carbocycles. The number of hydrogen-bond acceptors (Lipinski definition) is 8. The number of carbonyl (C=O) groups is 2. The second-order valence-corrected chi connectivity index (χ2v) is 9.95. The Morgan fingerprint density at radius 3 is 2.29 bits per heavy atom. The zero-order valence-corrected chi connectivity index (χ0v) is 22.4. The van der Waals surface area contributed by atoms with Gasteiger partial charge in [0.15, 0.2) is 16.6 Å². The fraction of sp³-hybridized carbons (Fsp3) is 0.207. The molecule has 194 valence electrons. The number of nitrogens with zero attached hydrogens (tertiary/aromatic N) is 2. The largest absolute Gasteiger partial charge is 0.507 e. The van der Waals surface area contributed by atoms with Crippen molar-refractivity contribution in [2.75, 3.05) is 26.2 Å². The van der Waals surface area contributed by atoms with Crippen LogP contribution in [0.3, 0.4) is 0 Å². The normalized spacial score (nSPS) is 16.8. The van der Waals surface area contributed by atoms with Crippen LogP contribution in [-0.4, -0.2) is 43.1 Å². The van der Waals surface area contributed by atoms with E-state index in [9.17, 15) is 14.7 Å². The standard InChI is InChI=1S/C29H26N2O6S/c1-15-12-16(2)24-22(13-15)38-29(30-24)31-25(18-8-11-20(36-4)21(14-18)37-5)23(27(33)28(31)34)26(32)17-6-9-19(35-3)10-7-17/h6-14,25,32H,1-5H3/t25-/m0/s1. The van der Waals surface area contributed by atoms with E-state index in [2.05, 4.69) is 0 Å². The molecule has 0 saturated carbocycles. The lowest BCUT2D eigenvalue weighted by Gasteiger charge is -2.23. The van der Waals surface area contributed by atoms with Gasteiger partial charge in [-0.15, -0.1) is 0 Å². The van der Waals surface area contributed by atoms with E-state index in [4.69, 9.17) is 19.2 Å². The van der Waals surface area contributed by atoms with Gasteiger partial charge in [-0.3, -0.25) is 14.5 Å². The molecule has 3 aromatic carbocycles. The van der Waals surface area contributed by atoms with Crippen LogP contribution in [0, 0.1) is 13.8 Å². The predicted octanol–water partition coefficient (Wildman–Crippen LogP) is 5.57. The topological polar surface area (TPSA) is 98.2 Å². The molecule has 0 unspecified atom stereocenters. The van der Waals surface area contributed by atoms with Crippen LogP contribution in [-0.2, 0) is 9.59 Å². The van der Waals surface area contributed by atoms with Gasteiger partial charge in [0.05, 0.1) is 43.2 Å². The molecule has 0 bridgehead atoms. The molecule has 9 heteroatoms. The first-order valence-electron chi connectivity index (χ1n) is 11.8. The molecule has 38 heavy (non-hydrogen) atoms. The molecule has 1 fully saturated rings. The Balaban J connectivity index is 1.75. The summed E-state index contributed by atoms with van der Waals surface area (Å²) in [5.41, 5.74) is 3.70. The molecule has 1 aliphatic heterocycles. The van der Waals surface area contributed by atoms with E-state index < -0.39 is 17.7 Å². The maximum Gasteiger partial charge on any atom is 0.301 e. The first-order valence-corrected chi connectivity index (χ1v) is 12.6. The summed E-state index contributed by atoms with van der Waals surface area (Å²) in [5, 5.41) is 11.7. The molecular formula is C29H26N2O6S. The molecular weight excluding hydrogens is 504 g/mol. The third kappa shape index (κ3) is 4.14. The molecule has 0 spiro atoms. The Hall–Kier alpha value is -4.37. The zero-order valence-electron chi connectivity index (χ0n) is 21.6. The number of fused-ring (bicyclic) bond motifs is 1. The van der Waals surface area contributed by atoms with Crippen molar-refractivity contribution >= 4 is 44.1 Å². The number of benzene rings is 3. The van der Waals surface area contributed by atoms with Gasteiger partial charge in [0, 0.05) is 5.56 Å². The average molecular weight is 531 g/mol. The Bertz CT molecular complexity index is 1610. The predicted molar refractivity (Wildman–Crippen MR) is 146 cm³/mol. The summed E-state index contributed by atoms with van der Waals surface area (Å²) in [6.07, 6.45) is 0. The van der Waals surface area contributed by atoms with Crippen LogP contribution in [0.2, 0.25) is 0 Å². The summed E-state index contributed by atoms with van der Waals surface area (Å²) in [7, 11) is 4.58. The highest BCUT2D eigenvalue weighted by Crippen LogP contribution is 2.46. The van der Waals surface area contributed by atoms with Gasteiger partial charge in [-0.05, 0) is 73.0 Å². The van der Waals surface area contributed by atoms with E-state index in [1.54, 1.807) is 49.6 Å². The summed E-state index contributed by atoms with van der Waals surface area (Å²) >= 11 is 1.32. The molecule has 1 aromatic heterocycles. The molecule has 8 nitrogen and oxygen atoms in total. The van der Waals surface area contributed by atoms with Crippen LogP contribution < -0.4 is 19.1 Å². The van der Waals surface area contributed by atoms with Gasteiger partial charge in [-0.2, -0.15) is 0 Å². The van der Waals surface area contributed by atoms with Crippen LogP contribution in [0.1, 0.15) is 28.3 Å². The lowest BCUT2D eigenvalue weighted by atomic mass is 9.95. The molecule has 1 saturated heterocycles. The molecule has 4 aromatic rings. The number of thiazole rings is 1. The van der Waals surface area contributed by atoms with Crippen LogP contribution >= 0.6 is 11.3 Å². The van der Waals surface area contributed by atoms with E-state index in [0.717, 1.165) is 21.3 Å². The van der Waals surface area contributed by atoms with Gasteiger partial charge >= 0.3 is 5.91 Å². The number of hydrogen-bond donors (Lipinski definition) is 1. The minimum Gasteiger partial charge on any atom is -0.507 e. The number of anilines is 1. The lowest BCUT2D eigenvalue weighted by molar-refractivity contribution is -0.132. The maximum atomic E-state index is 13.6. The van der Waals surface area contributed by atoms with E-state index in [0.29, 0.717) is 33.5 Å². The summed E-state index contributed by atoms with van der Waals surface area (Å²) in [6.45, 7) is 3.96. The molecule has 1 amide bonds. The molecule has 1 atom stereocenters. The highest BCUT2D eigenvalue weighted by Gasteiger charge is 2.48. The quantitative estimate of drug-likeness (QED) is 0.198. The fourth-order valence-corrected chi connectivity index (χ4v) is 5.90. The van der Waals surface area contributed by atoms with Gasteiger partial charge in [0.1, 0.15) is 11.5 Å². The first kappa shape index (κ1) is 25.3. The first-order chi connectivity index (χ1) is 18.3. The molecule has 0 radical (unpaired) electrons. The summed E-state index contributed by atoms with van der Waals surface area (Å²) in [5.74, 6) is -0.344. The number of amides is 1. The number of Topliss-reactive ketones (excluding diaryl/α,β-unsaturated/α-hetero) is 1. The summed E-state index contributed by atoms with van der Waals surface area (Å²) in [6, 6.07) is 14.9. The third-order valence-electron chi connectivity index (χ3n) is 6.56. The van der Waals surface area contributed by atoms with Crippen molar-refractivity contribution in [2.45, 2.75) is 19.9 Å². The number of ketones is 1. The number of rotatable bonds is 6. The highest BCUT2D eigenvalue weighted by atomic mass is 32.1. The molecule has 1 N–H and O–H groups in total. The maximum absolute atomic E-state index is 13.6. The lowest BCUT2D eigenvalue weighted by Crippen LogP contribution is -2.29. The third-order valence-corrected chi connectivity index (χ3v) is 7.56. The second-order valence-electron chi connectivity index (χ2n) is 8.94. The number of ether oxygens (including phenoxy) is 3. The van der Waals surface area contributed by atoms with Crippen molar-refractivity contribution in [2.24, 2.45) is 0 Å². The summed E-state index contributed by atoms with van der Waals surface area (Å²) < 4.78 is 17.0. The van der Waals surface area contributed by atoms with Gasteiger partial charge < -0.3 is 19.3 Å². The van der Waals surface area contributed by atoms with Crippen LogP contribution in [0.4, 0.5) is 5.13 Å². The number of aromatic nitrogens is 1. The number of aliphatic hydroxyl groups excluding tert-OH is 1. The monoisotopic (exact) mass is 530 g/mol. The van der Waals surface area contributed by atoms with Gasteiger partial charge in [0.2, 0.25) is 0 Å². The van der Waals surface area contributed by atoms with Crippen molar-refractivity contribution in [3.05, 3.63) is 82.4 Å². The van der Waals surface area contributed by atoms with Crippen molar-refractivity contribution < 1.29 is 28.9 Å². The van der Waals surface area contributed by atoms with E-state index in [1.807, 2.05) is 26.0 Å². The summed E-state index contributed by atoms with van der Waals surface area (Å²) in [4.78, 5) is 33.2. The van der Waals surface area contributed by atoms with Crippen molar-refractivity contribution in [3.8, 4) is 17.2 Å². The van der Waals surface area contributed by atoms with Gasteiger partial charge in [0.25, 0.3) is 5.78 Å². The average Bonchev–Trinajstić information content (AvgIpc) is 3.46. The SMILES string of the molecule is COc1ccc(C(O)=C2C(=O)C(=O)N(c3nc4c(C)cc(C)cc4s3)[C@H]2c2ccc(OC)c(OC)c2)cc1. The Kier molecular flexibility index (Phi) is 6.54. The van der Waals surface area contributed by atoms with Crippen LogP contribution in [0.25, 0.3) is 16.0 Å². The number of aryl methyl sites for hydroxylation is 2.